The standard InChI is InChI=1S/C34H29NOSSi/c1-20-18-28-27-15-12-22-8-6-7-9-26(22)31(27)36-32(28)29(19-20)30-34-25(16-17-35-30)21(2)33(37-34)23-10-13-24(14-11-23)38(3,4)5/h6-19H,1-5H3. The predicted molar refractivity (Wildman–Crippen MR) is 168 cm³/mol. The van der Waals surface area contributed by atoms with E-state index in [0.29, 0.717) is 0 Å². The van der Waals surface area contributed by atoms with Crippen molar-refractivity contribution in [3.05, 3.63) is 96.2 Å². The molecule has 7 aromatic rings. The fraction of sp³-hybridized carbons (Fsp3) is 0.147. The van der Waals surface area contributed by atoms with Gasteiger partial charge < -0.3 is 4.42 Å². The van der Waals surface area contributed by atoms with Crippen LogP contribution in [0, 0.1) is 13.8 Å². The van der Waals surface area contributed by atoms with Crippen LogP contribution < -0.4 is 5.19 Å². The predicted octanol–water partition coefficient (Wildman–Crippen LogP) is 9.84. The van der Waals surface area contributed by atoms with Crippen molar-refractivity contribution in [1.82, 2.24) is 4.98 Å². The first kappa shape index (κ1) is 23.4. The number of benzene rings is 4. The van der Waals surface area contributed by atoms with Crippen LogP contribution in [0.25, 0.3) is 64.5 Å². The lowest BCUT2D eigenvalue weighted by atomic mass is 10.0. The maximum absolute atomic E-state index is 6.69. The van der Waals surface area contributed by atoms with Gasteiger partial charge in [-0.3, -0.25) is 4.98 Å². The number of aromatic nitrogens is 1. The molecule has 0 saturated carbocycles. The van der Waals surface area contributed by atoms with E-state index in [-0.39, 0.29) is 0 Å². The van der Waals surface area contributed by atoms with E-state index in [1.807, 2.05) is 17.5 Å². The molecule has 0 spiro atoms. The smallest absolute Gasteiger partial charge is 0.144 e. The highest BCUT2D eigenvalue weighted by Gasteiger charge is 2.21. The van der Waals surface area contributed by atoms with Gasteiger partial charge in [0.25, 0.3) is 0 Å². The summed E-state index contributed by atoms with van der Waals surface area (Å²) in [7, 11) is -1.34. The monoisotopic (exact) mass is 527 g/mol. The number of fused-ring (bicyclic) bond motifs is 6. The van der Waals surface area contributed by atoms with Crippen LogP contribution in [0.2, 0.25) is 19.6 Å². The Morgan fingerprint density at radius 2 is 1.53 bits per heavy atom. The molecular formula is C34H29NOSSi. The number of hydrogen-bond acceptors (Lipinski definition) is 3. The van der Waals surface area contributed by atoms with Crippen LogP contribution in [0.15, 0.2) is 89.5 Å². The van der Waals surface area contributed by atoms with Gasteiger partial charge >= 0.3 is 0 Å². The number of thiophene rings is 1. The minimum Gasteiger partial charge on any atom is -0.455 e. The van der Waals surface area contributed by atoms with Gasteiger partial charge in [-0.25, -0.2) is 0 Å². The molecule has 0 amide bonds. The van der Waals surface area contributed by atoms with Crippen molar-refractivity contribution in [3.63, 3.8) is 0 Å². The van der Waals surface area contributed by atoms with E-state index < -0.39 is 8.07 Å². The first-order chi connectivity index (χ1) is 18.3. The Balaban J connectivity index is 1.47. The molecule has 4 heteroatoms. The summed E-state index contributed by atoms with van der Waals surface area (Å²) in [4.78, 5) is 6.27. The Morgan fingerprint density at radius 1 is 0.737 bits per heavy atom. The lowest BCUT2D eigenvalue weighted by Crippen LogP contribution is -2.37. The molecule has 0 N–H and O–H groups in total. The average molecular weight is 528 g/mol. The van der Waals surface area contributed by atoms with Crippen LogP contribution in [-0.2, 0) is 0 Å². The van der Waals surface area contributed by atoms with Gasteiger partial charge in [0, 0.05) is 32.8 Å². The summed E-state index contributed by atoms with van der Waals surface area (Å²) in [5.74, 6) is 0. The molecule has 0 aliphatic rings. The lowest BCUT2D eigenvalue weighted by Gasteiger charge is -2.16. The van der Waals surface area contributed by atoms with Crippen molar-refractivity contribution in [2.75, 3.05) is 0 Å². The van der Waals surface area contributed by atoms with Gasteiger partial charge in [-0.1, -0.05) is 79.4 Å². The van der Waals surface area contributed by atoms with Crippen LogP contribution in [0.3, 0.4) is 0 Å². The third-order valence-corrected chi connectivity index (χ3v) is 11.2. The number of aryl methyl sites for hydroxylation is 2. The van der Waals surface area contributed by atoms with Crippen molar-refractivity contribution >= 4 is 67.4 Å². The lowest BCUT2D eigenvalue weighted by molar-refractivity contribution is 0.673. The Morgan fingerprint density at radius 3 is 2.32 bits per heavy atom. The van der Waals surface area contributed by atoms with Crippen molar-refractivity contribution in [2.45, 2.75) is 33.5 Å². The summed E-state index contributed by atoms with van der Waals surface area (Å²) >= 11 is 1.84. The van der Waals surface area contributed by atoms with Gasteiger partial charge in [-0.2, -0.15) is 0 Å². The normalized spacial score (nSPS) is 12.3. The molecule has 0 saturated heterocycles. The van der Waals surface area contributed by atoms with Crippen LogP contribution >= 0.6 is 11.3 Å². The van der Waals surface area contributed by atoms with Crippen LogP contribution in [0.4, 0.5) is 0 Å². The topological polar surface area (TPSA) is 26.0 Å². The van der Waals surface area contributed by atoms with E-state index in [2.05, 4.69) is 112 Å². The number of pyridine rings is 1. The molecule has 0 unspecified atom stereocenters. The molecule has 4 aromatic carbocycles. The fourth-order valence-electron chi connectivity index (χ4n) is 5.66. The maximum Gasteiger partial charge on any atom is 0.144 e. The zero-order valence-electron chi connectivity index (χ0n) is 22.3. The minimum atomic E-state index is -1.34. The van der Waals surface area contributed by atoms with Crippen molar-refractivity contribution < 1.29 is 4.42 Å². The molecule has 3 heterocycles. The SMILES string of the molecule is Cc1cc(-c2nccc3c(C)c(-c4ccc([Si](C)(C)C)cc4)sc23)c2oc3c4ccccc4ccc3c2c1. The van der Waals surface area contributed by atoms with Gasteiger partial charge in [-0.15, -0.1) is 11.3 Å². The first-order valence-electron chi connectivity index (χ1n) is 13.1. The summed E-state index contributed by atoms with van der Waals surface area (Å²) in [6.45, 7) is 11.6. The highest BCUT2D eigenvalue weighted by molar-refractivity contribution is 7.23. The van der Waals surface area contributed by atoms with E-state index in [1.54, 1.807) is 0 Å². The van der Waals surface area contributed by atoms with E-state index in [9.17, 15) is 0 Å². The molecule has 3 aromatic heterocycles. The van der Waals surface area contributed by atoms with E-state index in [0.717, 1.165) is 38.6 Å². The third-order valence-electron chi connectivity index (χ3n) is 7.73. The molecule has 186 valence electrons. The van der Waals surface area contributed by atoms with Crippen LogP contribution in [-0.4, -0.2) is 13.1 Å². The molecule has 0 bridgehead atoms. The summed E-state index contributed by atoms with van der Waals surface area (Å²) in [6, 6.07) is 28.7. The highest BCUT2D eigenvalue weighted by atomic mass is 32.1. The molecule has 38 heavy (non-hydrogen) atoms. The zero-order chi connectivity index (χ0) is 26.2. The van der Waals surface area contributed by atoms with Gasteiger partial charge in [-0.05, 0) is 65.6 Å². The van der Waals surface area contributed by atoms with Gasteiger partial charge in [0.15, 0.2) is 0 Å². The van der Waals surface area contributed by atoms with Crippen molar-refractivity contribution in [2.24, 2.45) is 0 Å². The summed E-state index contributed by atoms with van der Waals surface area (Å²) in [5, 5.41) is 7.39. The number of nitrogens with zero attached hydrogens (tertiary/aromatic N) is 1. The van der Waals surface area contributed by atoms with Gasteiger partial charge in [0.05, 0.1) is 18.5 Å². The molecule has 0 atom stereocenters. The summed E-state index contributed by atoms with van der Waals surface area (Å²) in [6.07, 6.45) is 1.95. The van der Waals surface area contributed by atoms with Crippen LogP contribution in [0.5, 0.6) is 0 Å². The van der Waals surface area contributed by atoms with Gasteiger partial charge in [0.2, 0.25) is 0 Å². The highest BCUT2D eigenvalue weighted by Crippen LogP contribution is 2.45. The second-order valence-corrected chi connectivity index (χ2v) is 17.5. The summed E-state index contributed by atoms with van der Waals surface area (Å²) < 4.78 is 7.90. The van der Waals surface area contributed by atoms with Crippen molar-refractivity contribution in [3.8, 4) is 21.7 Å². The maximum atomic E-state index is 6.69. The quantitative estimate of drug-likeness (QED) is 0.214. The summed E-state index contributed by atoms with van der Waals surface area (Å²) in [5.41, 5.74) is 7.72. The average Bonchev–Trinajstić information content (AvgIpc) is 3.46. The van der Waals surface area contributed by atoms with E-state index in [4.69, 9.17) is 9.40 Å². The number of hydrogen-bond donors (Lipinski definition) is 0. The third kappa shape index (κ3) is 3.55. The van der Waals surface area contributed by atoms with Crippen molar-refractivity contribution in [1.29, 1.82) is 0 Å². The Kier molecular flexibility index (Phi) is 5.16. The minimum absolute atomic E-state index is 0.911. The second-order valence-electron chi connectivity index (χ2n) is 11.4. The Bertz CT molecular complexity index is 2020. The molecule has 7 rings (SSSR count). The first-order valence-corrected chi connectivity index (χ1v) is 17.5. The molecule has 2 nitrogen and oxygen atoms in total. The van der Waals surface area contributed by atoms with E-state index in [1.165, 1.54) is 42.2 Å². The fourth-order valence-corrected chi connectivity index (χ4v) is 8.14. The Labute approximate surface area is 227 Å². The second kappa shape index (κ2) is 8.39. The van der Waals surface area contributed by atoms with E-state index >= 15 is 0 Å². The molecule has 0 aliphatic carbocycles. The molecule has 0 radical (unpaired) electrons. The number of rotatable bonds is 3. The molecule has 0 fully saturated rings. The Hall–Kier alpha value is -3.73. The molecule has 0 aliphatic heterocycles. The number of furan rings is 1. The molecular weight excluding hydrogens is 499 g/mol. The van der Waals surface area contributed by atoms with Crippen LogP contribution in [0.1, 0.15) is 11.1 Å². The van der Waals surface area contributed by atoms with Gasteiger partial charge in [0.1, 0.15) is 11.2 Å². The zero-order valence-corrected chi connectivity index (χ0v) is 24.2. The largest absolute Gasteiger partial charge is 0.455 e.